The zero-order valence-electron chi connectivity index (χ0n) is 22.2. The Labute approximate surface area is 238 Å². The summed E-state index contributed by atoms with van der Waals surface area (Å²) < 4.78 is 17.7. The van der Waals surface area contributed by atoms with Crippen molar-refractivity contribution in [2.75, 3.05) is 13.2 Å². The van der Waals surface area contributed by atoms with E-state index < -0.39 is 12.0 Å². The topological polar surface area (TPSA) is 65.1 Å². The summed E-state index contributed by atoms with van der Waals surface area (Å²) in [4.78, 5) is 28.4. The molecule has 1 aliphatic rings. The van der Waals surface area contributed by atoms with Crippen molar-refractivity contribution in [3.8, 4) is 11.5 Å². The van der Waals surface area contributed by atoms with Gasteiger partial charge in [-0.15, -0.1) is 0 Å². The highest BCUT2D eigenvalue weighted by atomic mass is 32.2. The summed E-state index contributed by atoms with van der Waals surface area (Å²) >= 11 is 6.74. The standard InChI is InChI=1S/C31H31NO5S2/c1-4-17-36-30(34)28(23-12-7-6-8-13-23)32-29(33)27(39-31(32)38)19-22-15-16-25(26(18-22)35-5-2)37-20-24-14-10-9-11-21(24)3/h6-16,18-19,28H,4-5,17,20H2,1-3H3/b27-19-. The first kappa shape index (κ1) is 28.4. The summed E-state index contributed by atoms with van der Waals surface area (Å²) in [6.45, 7) is 7.02. The third-order valence-electron chi connectivity index (χ3n) is 6.08. The zero-order chi connectivity index (χ0) is 27.8. The van der Waals surface area contributed by atoms with Crippen LogP contribution in [-0.4, -0.2) is 34.3 Å². The van der Waals surface area contributed by atoms with Crippen molar-refractivity contribution in [3.63, 3.8) is 0 Å². The van der Waals surface area contributed by atoms with Gasteiger partial charge in [0.25, 0.3) is 5.91 Å². The second-order valence-corrected chi connectivity index (χ2v) is 10.6. The molecule has 6 nitrogen and oxygen atoms in total. The maximum absolute atomic E-state index is 13.6. The van der Waals surface area contributed by atoms with E-state index in [-0.39, 0.29) is 12.5 Å². The fourth-order valence-corrected chi connectivity index (χ4v) is 5.40. The van der Waals surface area contributed by atoms with Crippen LogP contribution < -0.4 is 9.47 Å². The van der Waals surface area contributed by atoms with E-state index in [4.69, 9.17) is 26.4 Å². The summed E-state index contributed by atoms with van der Waals surface area (Å²) in [7, 11) is 0. The third-order valence-corrected chi connectivity index (χ3v) is 7.41. The molecule has 1 atom stereocenters. The van der Waals surface area contributed by atoms with Crippen LogP contribution in [0.2, 0.25) is 0 Å². The monoisotopic (exact) mass is 561 g/mol. The molecule has 0 aromatic heterocycles. The minimum absolute atomic E-state index is 0.269. The molecule has 0 spiro atoms. The summed E-state index contributed by atoms with van der Waals surface area (Å²) in [6.07, 6.45) is 2.44. The smallest absolute Gasteiger partial charge is 0.333 e. The highest BCUT2D eigenvalue weighted by molar-refractivity contribution is 8.26. The number of carbonyl (C=O) groups excluding carboxylic acids is 2. The van der Waals surface area contributed by atoms with Crippen molar-refractivity contribution in [2.24, 2.45) is 0 Å². The van der Waals surface area contributed by atoms with Gasteiger partial charge in [-0.3, -0.25) is 9.69 Å². The molecule has 202 valence electrons. The molecule has 0 saturated carbocycles. The molecule has 3 aromatic rings. The van der Waals surface area contributed by atoms with Crippen LogP contribution in [0.15, 0.2) is 77.7 Å². The molecule has 0 N–H and O–H groups in total. The Kier molecular flexibility index (Phi) is 9.79. The number of amides is 1. The third kappa shape index (κ3) is 6.88. The van der Waals surface area contributed by atoms with Gasteiger partial charge >= 0.3 is 5.97 Å². The lowest BCUT2D eigenvalue weighted by atomic mass is 10.1. The predicted molar refractivity (Wildman–Crippen MR) is 159 cm³/mol. The number of aryl methyl sites for hydroxylation is 1. The Balaban J connectivity index is 1.58. The number of thioether (sulfide) groups is 1. The van der Waals surface area contributed by atoms with Crippen LogP contribution >= 0.6 is 24.0 Å². The number of hydrogen-bond donors (Lipinski definition) is 0. The lowest BCUT2D eigenvalue weighted by Gasteiger charge is -2.25. The van der Waals surface area contributed by atoms with E-state index in [9.17, 15) is 9.59 Å². The summed E-state index contributed by atoms with van der Waals surface area (Å²) in [6, 6.07) is 21.7. The maximum atomic E-state index is 13.6. The molecule has 0 aliphatic carbocycles. The van der Waals surface area contributed by atoms with Crippen LogP contribution in [0.1, 0.15) is 48.6 Å². The molecule has 1 amide bonds. The average molecular weight is 562 g/mol. The van der Waals surface area contributed by atoms with Crippen LogP contribution in [-0.2, 0) is 20.9 Å². The van der Waals surface area contributed by atoms with E-state index in [2.05, 4.69) is 0 Å². The number of thiocarbonyl (C=S) groups is 1. The molecule has 1 saturated heterocycles. The summed E-state index contributed by atoms with van der Waals surface area (Å²) in [5.41, 5.74) is 3.65. The Morgan fingerprint density at radius 3 is 2.46 bits per heavy atom. The molecule has 4 rings (SSSR count). The lowest BCUT2D eigenvalue weighted by molar-refractivity contribution is -0.151. The van der Waals surface area contributed by atoms with Gasteiger partial charge in [-0.05, 0) is 60.7 Å². The molecule has 1 fully saturated rings. The fraction of sp³-hybridized carbons (Fsp3) is 0.258. The van der Waals surface area contributed by atoms with Gasteiger partial charge in [0.1, 0.15) is 10.9 Å². The highest BCUT2D eigenvalue weighted by Crippen LogP contribution is 2.39. The molecule has 0 bridgehead atoms. The first-order valence-corrected chi connectivity index (χ1v) is 14.1. The van der Waals surface area contributed by atoms with Gasteiger partial charge in [-0.1, -0.05) is 91.6 Å². The molecular weight excluding hydrogens is 530 g/mol. The van der Waals surface area contributed by atoms with Crippen LogP contribution in [0.5, 0.6) is 11.5 Å². The lowest BCUT2D eigenvalue weighted by Crippen LogP contribution is -2.38. The number of hydrogen-bond acceptors (Lipinski definition) is 7. The number of nitrogens with zero attached hydrogens (tertiary/aromatic N) is 1. The molecule has 39 heavy (non-hydrogen) atoms. The fourth-order valence-electron chi connectivity index (χ4n) is 4.09. The first-order valence-electron chi connectivity index (χ1n) is 12.9. The van der Waals surface area contributed by atoms with Crippen molar-refractivity contribution in [2.45, 2.75) is 39.8 Å². The van der Waals surface area contributed by atoms with Gasteiger partial charge in [-0.25, -0.2) is 4.79 Å². The predicted octanol–water partition coefficient (Wildman–Crippen LogP) is 6.87. The second kappa shape index (κ2) is 13.4. The van der Waals surface area contributed by atoms with Crippen molar-refractivity contribution >= 4 is 46.3 Å². The largest absolute Gasteiger partial charge is 0.490 e. The zero-order valence-corrected chi connectivity index (χ0v) is 23.8. The van der Waals surface area contributed by atoms with Gasteiger partial charge in [0.2, 0.25) is 0 Å². The molecule has 3 aromatic carbocycles. The Bertz CT molecular complexity index is 1370. The molecule has 8 heteroatoms. The number of benzene rings is 3. The average Bonchev–Trinajstić information content (AvgIpc) is 3.21. The SMILES string of the molecule is CCCOC(=O)C(c1ccccc1)N1C(=O)/C(=C/c2ccc(OCc3ccccc3C)c(OCC)c2)SC1=S. The molecule has 1 heterocycles. The molecular formula is C31H31NO5S2. The van der Waals surface area contributed by atoms with Crippen LogP contribution in [0.4, 0.5) is 0 Å². The molecule has 1 aliphatic heterocycles. The van der Waals surface area contributed by atoms with E-state index >= 15 is 0 Å². The Morgan fingerprint density at radius 1 is 1.00 bits per heavy atom. The van der Waals surface area contributed by atoms with Gasteiger partial charge in [0.15, 0.2) is 17.5 Å². The van der Waals surface area contributed by atoms with Crippen molar-refractivity contribution in [1.82, 2.24) is 4.90 Å². The highest BCUT2D eigenvalue weighted by Gasteiger charge is 2.42. The van der Waals surface area contributed by atoms with Gasteiger partial charge in [0, 0.05) is 0 Å². The molecule has 1 unspecified atom stereocenters. The quantitative estimate of drug-likeness (QED) is 0.144. The minimum Gasteiger partial charge on any atom is -0.490 e. The van der Waals surface area contributed by atoms with E-state index in [1.807, 2.05) is 81.4 Å². The second-order valence-electron chi connectivity index (χ2n) is 8.89. The van der Waals surface area contributed by atoms with E-state index in [0.717, 1.165) is 28.5 Å². The van der Waals surface area contributed by atoms with Crippen LogP contribution in [0, 0.1) is 6.92 Å². The Hall–Kier alpha value is -3.62. The van der Waals surface area contributed by atoms with Gasteiger partial charge in [0.05, 0.1) is 18.1 Å². The normalized spacial score (nSPS) is 14.9. The first-order chi connectivity index (χ1) is 18.9. The van der Waals surface area contributed by atoms with Crippen LogP contribution in [0.3, 0.4) is 0 Å². The minimum atomic E-state index is -0.952. The summed E-state index contributed by atoms with van der Waals surface area (Å²) in [5, 5.41) is 0. The van der Waals surface area contributed by atoms with Crippen molar-refractivity contribution in [3.05, 3.63) is 100.0 Å². The van der Waals surface area contributed by atoms with Crippen molar-refractivity contribution < 1.29 is 23.8 Å². The Morgan fingerprint density at radius 2 is 1.74 bits per heavy atom. The molecule has 0 radical (unpaired) electrons. The number of esters is 1. The number of carbonyl (C=O) groups is 2. The van der Waals surface area contributed by atoms with Crippen LogP contribution in [0.25, 0.3) is 6.08 Å². The van der Waals surface area contributed by atoms with Crippen molar-refractivity contribution in [1.29, 1.82) is 0 Å². The van der Waals surface area contributed by atoms with Gasteiger partial charge < -0.3 is 14.2 Å². The number of ether oxygens (including phenoxy) is 3. The van der Waals surface area contributed by atoms with Gasteiger partial charge in [-0.2, -0.15) is 0 Å². The van der Waals surface area contributed by atoms with E-state index in [1.54, 1.807) is 18.2 Å². The number of rotatable bonds is 11. The summed E-state index contributed by atoms with van der Waals surface area (Å²) in [5.74, 6) is 0.354. The maximum Gasteiger partial charge on any atom is 0.333 e. The van der Waals surface area contributed by atoms with E-state index in [0.29, 0.717) is 45.9 Å². The van der Waals surface area contributed by atoms with E-state index in [1.165, 1.54) is 4.90 Å².